The normalized spacial score (nSPS) is 16.4. The van der Waals surface area contributed by atoms with E-state index in [1.807, 2.05) is 4.90 Å². The third kappa shape index (κ3) is 4.21. The van der Waals surface area contributed by atoms with Gasteiger partial charge in [0.25, 0.3) is 11.6 Å². The standard InChI is InChI=1S/C21H22N4O4/c26-20(15-5-6-15)22-17-9-7-16(8-10-17)21(27)24-13-11-23(12-14-24)18-3-1-2-4-19(18)25(28)29/h1-4,7-10,15H,5-6,11-14H2,(H,22,26). The number of carbonyl (C=O) groups excluding carboxylic acids is 2. The first-order chi connectivity index (χ1) is 14.0. The van der Waals surface area contributed by atoms with Gasteiger partial charge in [0.05, 0.1) is 4.92 Å². The first kappa shape index (κ1) is 18.9. The summed E-state index contributed by atoms with van der Waals surface area (Å²) < 4.78 is 0. The molecule has 1 N–H and O–H groups in total. The Labute approximate surface area is 168 Å². The van der Waals surface area contributed by atoms with Gasteiger partial charge in [-0.1, -0.05) is 12.1 Å². The molecule has 0 atom stereocenters. The van der Waals surface area contributed by atoms with E-state index < -0.39 is 0 Å². The monoisotopic (exact) mass is 394 g/mol. The quantitative estimate of drug-likeness (QED) is 0.621. The Kier molecular flexibility index (Phi) is 5.16. The number of nitro groups is 1. The van der Waals surface area contributed by atoms with Crippen LogP contribution < -0.4 is 10.2 Å². The summed E-state index contributed by atoms with van der Waals surface area (Å²) in [5, 5.41) is 14.1. The maximum Gasteiger partial charge on any atom is 0.292 e. The highest BCUT2D eigenvalue weighted by atomic mass is 16.6. The number of benzene rings is 2. The molecule has 0 unspecified atom stereocenters. The molecule has 1 heterocycles. The van der Waals surface area contributed by atoms with Gasteiger partial charge in [0.1, 0.15) is 5.69 Å². The van der Waals surface area contributed by atoms with Crippen LogP contribution in [0, 0.1) is 16.0 Å². The smallest absolute Gasteiger partial charge is 0.292 e. The summed E-state index contributed by atoms with van der Waals surface area (Å²) in [4.78, 5) is 39.2. The first-order valence-electron chi connectivity index (χ1n) is 9.71. The molecule has 8 nitrogen and oxygen atoms in total. The summed E-state index contributed by atoms with van der Waals surface area (Å²) in [5.74, 6) is 0.0931. The van der Waals surface area contributed by atoms with Gasteiger partial charge >= 0.3 is 0 Å². The molecule has 4 rings (SSSR count). The lowest BCUT2D eigenvalue weighted by Gasteiger charge is -2.35. The zero-order chi connectivity index (χ0) is 20.4. The van der Waals surface area contributed by atoms with Crippen LogP contribution in [0.2, 0.25) is 0 Å². The van der Waals surface area contributed by atoms with E-state index in [1.165, 1.54) is 6.07 Å². The highest BCUT2D eigenvalue weighted by Crippen LogP contribution is 2.30. The molecule has 2 aromatic carbocycles. The minimum absolute atomic E-state index is 0.0372. The number of nitrogens with one attached hydrogen (secondary N) is 1. The van der Waals surface area contributed by atoms with Crippen molar-refractivity contribution in [1.82, 2.24) is 4.90 Å². The van der Waals surface area contributed by atoms with Crippen molar-refractivity contribution in [3.05, 3.63) is 64.2 Å². The van der Waals surface area contributed by atoms with Crippen LogP contribution in [0.5, 0.6) is 0 Å². The largest absolute Gasteiger partial charge is 0.362 e. The number of nitro benzene ring substituents is 1. The summed E-state index contributed by atoms with van der Waals surface area (Å²) in [7, 11) is 0. The van der Waals surface area contributed by atoms with E-state index in [4.69, 9.17) is 0 Å². The maximum absolute atomic E-state index is 12.8. The number of hydrogen-bond acceptors (Lipinski definition) is 5. The average molecular weight is 394 g/mol. The van der Waals surface area contributed by atoms with Crippen LogP contribution in [0.25, 0.3) is 0 Å². The van der Waals surface area contributed by atoms with Crippen LogP contribution in [0.3, 0.4) is 0 Å². The predicted molar refractivity (Wildman–Crippen MR) is 109 cm³/mol. The predicted octanol–water partition coefficient (Wildman–Crippen LogP) is 2.91. The van der Waals surface area contributed by atoms with Crippen LogP contribution in [0.15, 0.2) is 48.5 Å². The molecule has 0 spiro atoms. The zero-order valence-electron chi connectivity index (χ0n) is 15.9. The minimum atomic E-state index is -0.379. The van der Waals surface area contributed by atoms with Gasteiger partial charge in [-0.15, -0.1) is 0 Å². The number of nitrogens with zero attached hydrogens (tertiary/aromatic N) is 3. The van der Waals surface area contributed by atoms with Crippen LogP contribution in [-0.2, 0) is 4.79 Å². The summed E-state index contributed by atoms with van der Waals surface area (Å²) in [6, 6.07) is 13.6. The Bertz CT molecular complexity index is 932. The molecule has 2 fully saturated rings. The van der Waals surface area contributed by atoms with Crippen molar-refractivity contribution in [3.63, 3.8) is 0 Å². The third-order valence-electron chi connectivity index (χ3n) is 5.33. The molecule has 0 aromatic heterocycles. The number of amides is 2. The molecular weight excluding hydrogens is 372 g/mol. The maximum atomic E-state index is 12.8. The molecule has 1 saturated carbocycles. The van der Waals surface area contributed by atoms with Crippen molar-refractivity contribution >= 4 is 28.9 Å². The summed E-state index contributed by atoms with van der Waals surface area (Å²) in [6.07, 6.45) is 1.89. The lowest BCUT2D eigenvalue weighted by Crippen LogP contribution is -2.48. The number of rotatable bonds is 5. The Hall–Kier alpha value is -3.42. The number of hydrogen-bond donors (Lipinski definition) is 1. The second-order valence-electron chi connectivity index (χ2n) is 7.37. The number of para-hydroxylation sites is 2. The molecular formula is C21H22N4O4. The van der Waals surface area contributed by atoms with Gasteiger partial charge in [0.15, 0.2) is 0 Å². The van der Waals surface area contributed by atoms with E-state index in [0.717, 1.165) is 12.8 Å². The summed E-state index contributed by atoms with van der Waals surface area (Å²) in [6.45, 7) is 2.05. The average Bonchev–Trinajstić information content (AvgIpc) is 3.59. The van der Waals surface area contributed by atoms with E-state index in [-0.39, 0.29) is 28.3 Å². The minimum Gasteiger partial charge on any atom is -0.362 e. The van der Waals surface area contributed by atoms with Gasteiger partial charge in [-0.2, -0.15) is 0 Å². The highest BCUT2D eigenvalue weighted by Gasteiger charge is 2.30. The molecule has 2 amide bonds. The lowest BCUT2D eigenvalue weighted by atomic mass is 10.1. The van der Waals surface area contributed by atoms with Gasteiger partial charge in [0, 0.05) is 49.4 Å². The summed E-state index contributed by atoms with van der Waals surface area (Å²) in [5.41, 5.74) is 1.92. The molecule has 1 aliphatic heterocycles. The Morgan fingerprint density at radius 2 is 1.62 bits per heavy atom. The molecule has 1 saturated heterocycles. The molecule has 29 heavy (non-hydrogen) atoms. The lowest BCUT2D eigenvalue weighted by molar-refractivity contribution is -0.384. The van der Waals surface area contributed by atoms with E-state index >= 15 is 0 Å². The van der Waals surface area contributed by atoms with Crippen molar-refractivity contribution < 1.29 is 14.5 Å². The van der Waals surface area contributed by atoms with E-state index in [0.29, 0.717) is 43.1 Å². The third-order valence-corrected chi connectivity index (χ3v) is 5.33. The zero-order valence-corrected chi connectivity index (χ0v) is 15.9. The van der Waals surface area contributed by atoms with E-state index in [1.54, 1.807) is 47.4 Å². The van der Waals surface area contributed by atoms with Crippen LogP contribution >= 0.6 is 0 Å². The fourth-order valence-corrected chi connectivity index (χ4v) is 3.50. The molecule has 2 aromatic rings. The Morgan fingerprint density at radius 3 is 2.24 bits per heavy atom. The van der Waals surface area contributed by atoms with E-state index in [2.05, 4.69) is 5.32 Å². The summed E-state index contributed by atoms with van der Waals surface area (Å²) >= 11 is 0. The van der Waals surface area contributed by atoms with Gasteiger partial charge in [0.2, 0.25) is 5.91 Å². The van der Waals surface area contributed by atoms with Gasteiger partial charge < -0.3 is 15.1 Å². The van der Waals surface area contributed by atoms with Crippen LogP contribution in [-0.4, -0.2) is 47.8 Å². The first-order valence-corrected chi connectivity index (χ1v) is 9.71. The second-order valence-corrected chi connectivity index (χ2v) is 7.37. The van der Waals surface area contributed by atoms with Gasteiger partial charge in [-0.25, -0.2) is 0 Å². The number of anilines is 2. The van der Waals surface area contributed by atoms with Gasteiger partial charge in [-0.3, -0.25) is 19.7 Å². The molecule has 0 radical (unpaired) electrons. The molecule has 2 aliphatic rings. The molecule has 150 valence electrons. The molecule has 0 bridgehead atoms. The number of piperazine rings is 1. The van der Waals surface area contributed by atoms with Crippen molar-refractivity contribution in [2.45, 2.75) is 12.8 Å². The van der Waals surface area contributed by atoms with Crippen LogP contribution in [0.1, 0.15) is 23.2 Å². The van der Waals surface area contributed by atoms with Crippen molar-refractivity contribution in [3.8, 4) is 0 Å². The highest BCUT2D eigenvalue weighted by molar-refractivity contribution is 5.97. The topological polar surface area (TPSA) is 95.8 Å². The van der Waals surface area contributed by atoms with Crippen molar-refractivity contribution in [1.29, 1.82) is 0 Å². The Morgan fingerprint density at radius 1 is 0.966 bits per heavy atom. The van der Waals surface area contributed by atoms with Crippen molar-refractivity contribution in [2.75, 3.05) is 36.4 Å². The number of carbonyl (C=O) groups is 2. The fraction of sp³-hybridized carbons (Fsp3) is 0.333. The van der Waals surface area contributed by atoms with E-state index in [9.17, 15) is 19.7 Å². The molecule has 8 heteroatoms. The second kappa shape index (κ2) is 7.90. The van der Waals surface area contributed by atoms with Crippen molar-refractivity contribution in [2.24, 2.45) is 5.92 Å². The fourth-order valence-electron chi connectivity index (χ4n) is 3.50. The van der Waals surface area contributed by atoms with Crippen LogP contribution in [0.4, 0.5) is 17.1 Å². The molecule has 1 aliphatic carbocycles. The SMILES string of the molecule is O=C(Nc1ccc(C(=O)N2CCN(c3ccccc3[N+](=O)[O-])CC2)cc1)C1CC1. The Balaban J connectivity index is 1.36. The van der Waals surface area contributed by atoms with Gasteiger partial charge in [-0.05, 0) is 43.2 Å².